The van der Waals surface area contributed by atoms with Gasteiger partial charge in [-0.15, -0.1) is 0 Å². The predicted molar refractivity (Wildman–Crippen MR) is 64.9 cm³/mol. The monoisotopic (exact) mass is 208 g/mol. The molecule has 0 spiro atoms. The molecule has 1 atom stereocenters. The van der Waals surface area contributed by atoms with E-state index < -0.39 is 0 Å². The number of nitrogens with zero attached hydrogens (tertiary/aromatic N) is 2. The van der Waals surface area contributed by atoms with Gasteiger partial charge in [-0.3, -0.25) is 4.68 Å². The number of hydrogen-bond acceptors (Lipinski definition) is 1. The summed E-state index contributed by atoms with van der Waals surface area (Å²) in [7, 11) is 0. The summed E-state index contributed by atoms with van der Waals surface area (Å²) in [6.07, 6.45) is 6.54. The molecule has 1 aromatic rings. The van der Waals surface area contributed by atoms with E-state index in [-0.39, 0.29) is 0 Å². The maximum absolute atomic E-state index is 4.44. The molecule has 15 heavy (non-hydrogen) atoms. The lowest BCUT2D eigenvalue weighted by Gasteiger charge is -2.14. The molecule has 0 radical (unpaired) electrons. The maximum Gasteiger partial charge on any atom is 0.0521 e. The van der Waals surface area contributed by atoms with E-state index in [1.54, 1.807) is 0 Å². The Kier molecular flexibility index (Phi) is 4.37. The molecule has 0 saturated heterocycles. The van der Waals surface area contributed by atoms with Crippen LogP contribution in [0.2, 0.25) is 0 Å². The van der Waals surface area contributed by atoms with Crippen molar-refractivity contribution in [3.8, 4) is 0 Å². The summed E-state index contributed by atoms with van der Waals surface area (Å²) in [5.74, 6) is 1.45. The van der Waals surface area contributed by atoms with Crippen molar-refractivity contribution in [2.45, 2.75) is 53.5 Å². The van der Waals surface area contributed by atoms with Crippen molar-refractivity contribution >= 4 is 0 Å². The average Bonchev–Trinajstić information content (AvgIpc) is 2.50. The Bertz CT molecular complexity index is 286. The molecule has 1 rings (SSSR count). The van der Waals surface area contributed by atoms with E-state index in [0.717, 1.165) is 12.3 Å². The molecule has 86 valence electrons. The number of aromatic nitrogens is 2. The van der Waals surface area contributed by atoms with Crippen molar-refractivity contribution in [2.75, 3.05) is 0 Å². The van der Waals surface area contributed by atoms with E-state index >= 15 is 0 Å². The first kappa shape index (κ1) is 12.3. The average molecular weight is 208 g/mol. The van der Waals surface area contributed by atoms with Gasteiger partial charge in [-0.05, 0) is 37.2 Å². The quantitative estimate of drug-likeness (QED) is 0.721. The van der Waals surface area contributed by atoms with Crippen LogP contribution in [0.4, 0.5) is 0 Å². The third kappa shape index (κ3) is 4.06. The Balaban J connectivity index is 2.58. The lowest BCUT2D eigenvalue weighted by molar-refractivity contribution is 0.398. The van der Waals surface area contributed by atoms with Gasteiger partial charge in [0.25, 0.3) is 0 Å². The van der Waals surface area contributed by atoms with Gasteiger partial charge in [-0.1, -0.05) is 27.7 Å². The Hall–Kier alpha value is -0.790. The second kappa shape index (κ2) is 5.34. The van der Waals surface area contributed by atoms with Crippen LogP contribution in [0.3, 0.4) is 0 Å². The van der Waals surface area contributed by atoms with Gasteiger partial charge in [0.15, 0.2) is 0 Å². The van der Waals surface area contributed by atoms with Crippen molar-refractivity contribution in [1.82, 2.24) is 9.78 Å². The number of hydrogen-bond donors (Lipinski definition) is 0. The molecule has 0 amide bonds. The Labute approximate surface area is 93.7 Å². The summed E-state index contributed by atoms with van der Waals surface area (Å²) in [5.41, 5.74) is 1.36. The van der Waals surface area contributed by atoms with Crippen LogP contribution in [0.5, 0.6) is 0 Å². The molecule has 1 unspecified atom stereocenters. The summed E-state index contributed by atoms with van der Waals surface area (Å²) in [6, 6.07) is 0.519. The number of rotatable bonds is 5. The van der Waals surface area contributed by atoms with Crippen LogP contribution in [0.1, 0.15) is 52.6 Å². The minimum absolute atomic E-state index is 0.519. The first-order valence-electron chi connectivity index (χ1n) is 6.02. The highest BCUT2D eigenvalue weighted by Gasteiger charge is 2.09. The van der Waals surface area contributed by atoms with Gasteiger partial charge in [0, 0.05) is 12.2 Å². The molecule has 0 bridgehead atoms. The fourth-order valence-corrected chi connectivity index (χ4v) is 1.99. The van der Waals surface area contributed by atoms with Crippen LogP contribution < -0.4 is 0 Å². The molecule has 2 nitrogen and oxygen atoms in total. The van der Waals surface area contributed by atoms with Gasteiger partial charge in [0.2, 0.25) is 0 Å². The largest absolute Gasteiger partial charge is 0.270 e. The Morgan fingerprint density at radius 1 is 1.13 bits per heavy atom. The third-order valence-electron chi connectivity index (χ3n) is 2.56. The first-order valence-corrected chi connectivity index (χ1v) is 6.02. The summed E-state index contributed by atoms with van der Waals surface area (Å²) in [6.45, 7) is 11.2. The third-order valence-corrected chi connectivity index (χ3v) is 2.56. The molecule has 0 aromatic carbocycles. The lowest BCUT2D eigenvalue weighted by Crippen LogP contribution is -2.08. The molecule has 0 aliphatic rings. The smallest absolute Gasteiger partial charge is 0.0521 e. The van der Waals surface area contributed by atoms with Gasteiger partial charge in [0.1, 0.15) is 0 Å². The van der Waals surface area contributed by atoms with E-state index in [1.807, 2.05) is 6.20 Å². The topological polar surface area (TPSA) is 17.8 Å². The van der Waals surface area contributed by atoms with Crippen LogP contribution in [0.15, 0.2) is 12.4 Å². The molecule has 0 saturated carbocycles. The summed E-state index contributed by atoms with van der Waals surface area (Å²) >= 11 is 0. The zero-order valence-electron chi connectivity index (χ0n) is 10.7. The van der Waals surface area contributed by atoms with Crippen molar-refractivity contribution in [3.63, 3.8) is 0 Å². The van der Waals surface area contributed by atoms with Gasteiger partial charge in [-0.25, -0.2) is 0 Å². The SMILES string of the molecule is CC(C)Cc1cnn(C(C)CC(C)C)c1. The summed E-state index contributed by atoms with van der Waals surface area (Å²) in [5, 5.41) is 4.44. The zero-order chi connectivity index (χ0) is 11.4. The van der Waals surface area contributed by atoms with E-state index in [1.165, 1.54) is 12.0 Å². The molecule has 0 N–H and O–H groups in total. The molecular weight excluding hydrogens is 184 g/mol. The molecule has 1 heterocycles. The maximum atomic E-state index is 4.44. The minimum Gasteiger partial charge on any atom is -0.270 e. The first-order chi connectivity index (χ1) is 6.99. The lowest BCUT2D eigenvalue weighted by atomic mass is 10.1. The molecule has 0 aliphatic carbocycles. The Morgan fingerprint density at radius 2 is 1.80 bits per heavy atom. The minimum atomic E-state index is 0.519. The standard InChI is InChI=1S/C13H24N2/c1-10(2)6-12(5)15-9-13(8-14-15)7-11(3)4/h8-12H,6-7H2,1-5H3. The van der Waals surface area contributed by atoms with E-state index in [4.69, 9.17) is 0 Å². The van der Waals surface area contributed by atoms with Crippen LogP contribution in [0, 0.1) is 11.8 Å². The zero-order valence-corrected chi connectivity index (χ0v) is 10.7. The second-order valence-electron chi connectivity index (χ2n) is 5.41. The van der Waals surface area contributed by atoms with Crippen LogP contribution in [-0.4, -0.2) is 9.78 Å². The molecular formula is C13H24N2. The van der Waals surface area contributed by atoms with Gasteiger partial charge in [0.05, 0.1) is 6.20 Å². The predicted octanol–water partition coefficient (Wildman–Crippen LogP) is 3.69. The van der Waals surface area contributed by atoms with Crippen molar-refractivity contribution < 1.29 is 0 Å². The van der Waals surface area contributed by atoms with Crippen molar-refractivity contribution in [3.05, 3.63) is 18.0 Å². The van der Waals surface area contributed by atoms with Crippen LogP contribution in [0.25, 0.3) is 0 Å². The fourth-order valence-electron chi connectivity index (χ4n) is 1.99. The Morgan fingerprint density at radius 3 is 2.33 bits per heavy atom. The highest BCUT2D eigenvalue weighted by Crippen LogP contribution is 2.17. The second-order valence-corrected chi connectivity index (χ2v) is 5.41. The highest BCUT2D eigenvalue weighted by molar-refractivity contribution is 5.05. The van der Waals surface area contributed by atoms with Crippen LogP contribution >= 0.6 is 0 Å². The van der Waals surface area contributed by atoms with E-state index in [0.29, 0.717) is 12.0 Å². The summed E-state index contributed by atoms with van der Waals surface area (Å²) < 4.78 is 2.11. The van der Waals surface area contributed by atoms with Gasteiger partial charge >= 0.3 is 0 Å². The molecule has 0 aliphatic heterocycles. The molecule has 0 fully saturated rings. The highest BCUT2D eigenvalue weighted by atomic mass is 15.3. The van der Waals surface area contributed by atoms with E-state index in [9.17, 15) is 0 Å². The van der Waals surface area contributed by atoms with Gasteiger partial charge in [-0.2, -0.15) is 5.10 Å². The van der Waals surface area contributed by atoms with Crippen LogP contribution in [-0.2, 0) is 6.42 Å². The van der Waals surface area contributed by atoms with Crippen molar-refractivity contribution in [1.29, 1.82) is 0 Å². The fraction of sp³-hybridized carbons (Fsp3) is 0.769. The molecule has 1 aromatic heterocycles. The normalized spacial score (nSPS) is 13.8. The van der Waals surface area contributed by atoms with Gasteiger partial charge < -0.3 is 0 Å². The van der Waals surface area contributed by atoms with E-state index in [2.05, 4.69) is 50.6 Å². The van der Waals surface area contributed by atoms with Crippen molar-refractivity contribution in [2.24, 2.45) is 11.8 Å². The summed E-state index contributed by atoms with van der Waals surface area (Å²) in [4.78, 5) is 0. The molecule has 2 heteroatoms.